The number of para-hydroxylation sites is 1. The molecule has 158 valence electrons. The molecule has 31 heavy (non-hydrogen) atoms. The van der Waals surface area contributed by atoms with E-state index in [-0.39, 0.29) is 34.8 Å². The zero-order valence-corrected chi connectivity index (χ0v) is 17.5. The monoisotopic (exact) mass is 437 g/mol. The van der Waals surface area contributed by atoms with Crippen molar-refractivity contribution in [3.05, 3.63) is 63.1 Å². The van der Waals surface area contributed by atoms with Crippen LogP contribution >= 0.6 is 11.3 Å². The minimum Gasteiger partial charge on any atom is -0.512 e. The molecule has 2 heterocycles. The van der Waals surface area contributed by atoms with E-state index in [1.165, 1.54) is 6.21 Å². The first-order chi connectivity index (χ1) is 15.0. The number of allylic oxidation sites excluding steroid dienone is 2. The van der Waals surface area contributed by atoms with Gasteiger partial charge < -0.3 is 9.84 Å². The molecule has 1 aliphatic carbocycles. The van der Waals surface area contributed by atoms with Crippen LogP contribution in [0.3, 0.4) is 0 Å². The van der Waals surface area contributed by atoms with Gasteiger partial charge in [0.15, 0.2) is 11.5 Å². The topological polar surface area (TPSA) is 111 Å². The molecule has 9 heteroatoms. The second kappa shape index (κ2) is 8.65. The molecule has 0 saturated heterocycles. The van der Waals surface area contributed by atoms with Gasteiger partial charge in [0.2, 0.25) is 0 Å². The van der Waals surface area contributed by atoms with Crippen molar-refractivity contribution in [2.24, 2.45) is 4.99 Å². The lowest BCUT2D eigenvalue weighted by atomic mass is 9.97. The summed E-state index contributed by atoms with van der Waals surface area (Å²) in [6, 6.07) is 8.73. The van der Waals surface area contributed by atoms with Crippen LogP contribution in [-0.2, 0) is 9.53 Å². The molecule has 0 fully saturated rings. The Morgan fingerprint density at radius 1 is 1.29 bits per heavy atom. The minimum absolute atomic E-state index is 0.00330. The highest BCUT2D eigenvalue weighted by Crippen LogP contribution is 2.33. The van der Waals surface area contributed by atoms with E-state index < -0.39 is 11.5 Å². The lowest BCUT2D eigenvalue weighted by molar-refractivity contribution is -0.115. The minimum atomic E-state index is -0.645. The number of thiophene rings is 1. The van der Waals surface area contributed by atoms with E-state index in [0.29, 0.717) is 35.3 Å². The molecule has 0 unspecified atom stereocenters. The van der Waals surface area contributed by atoms with Gasteiger partial charge >= 0.3 is 5.97 Å². The van der Waals surface area contributed by atoms with Gasteiger partial charge in [-0.15, -0.1) is 11.3 Å². The quantitative estimate of drug-likeness (QED) is 0.479. The number of rotatable bonds is 5. The predicted octanol–water partition coefficient (Wildman–Crippen LogP) is 3.89. The highest BCUT2D eigenvalue weighted by molar-refractivity contribution is 7.15. The third-order valence-corrected chi connectivity index (χ3v) is 5.73. The second-order valence-corrected chi connectivity index (χ2v) is 7.70. The molecule has 8 nitrogen and oxygen atoms in total. The van der Waals surface area contributed by atoms with Gasteiger partial charge in [-0.3, -0.25) is 9.59 Å². The first-order valence-electron chi connectivity index (χ1n) is 9.77. The van der Waals surface area contributed by atoms with Gasteiger partial charge in [-0.25, -0.2) is 9.79 Å². The number of Topliss-reactive ketones (excluding diaryl/α,β-unsaturated/α-hetero) is 1. The molecular weight excluding hydrogens is 418 g/mol. The normalized spacial score (nSPS) is 14.5. The fourth-order valence-electron chi connectivity index (χ4n) is 3.34. The molecule has 1 aliphatic rings. The second-order valence-electron chi connectivity index (χ2n) is 6.85. The summed E-state index contributed by atoms with van der Waals surface area (Å²) in [7, 11) is 0. The standard InChI is InChI=1S/C22H19N3O5S/c1-2-30-22(29)19-15-12-31-20(23-11-14-16(26)9-6-10-17(14)27)18(15)21(28)25(24-19)13-7-4-3-5-8-13/h3-5,7-8,11-12,26H,2,6,9-10H2,1H3/b23-11+. The molecule has 0 bridgehead atoms. The van der Waals surface area contributed by atoms with Gasteiger partial charge in [0.25, 0.3) is 5.56 Å². The Kier molecular flexibility index (Phi) is 5.77. The largest absolute Gasteiger partial charge is 0.512 e. The zero-order chi connectivity index (χ0) is 22.0. The number of hydrogen-bond acceptors (Lipinski definition) is 8. The summed E-state index contributed by atoms with van der Waals surface area (Å²) < 4.78 is 6.27. The number of esters is 1. The average molecular weight is 437 g/mol. The number of aromatic nitrogens is 2. The first kappa shape index (κ1) is 20.7. The summed E-state index contributed by atoms with van der Waals surface area (Å²) in [6.07, 6.45) is 2.64. The van der Waals surface area contributed by atoms with E-state index >= 15 is 0 Å². The zero-order valence-electron chi connectivity index (χ0n) is 16.7. The summed E-state index contributed by atoms with van der Waals surface area (Å²) in [5.74, 6) is -0.839. The molecule has 1 N–H and O–H groups in total. The van der Waals surface area contributed by atoms with E-state index in [4.69, 9.17) is 4.74 Å². The van der Waals surface area contributed by atoms with E-state index in [1.807, 2.05) is 0 Å². The molecule has 0 spiro atoms. The Hall–Kier alpha value is -3.59. The smallest absolute Gasteiger partial charge is 0.359 e. The number of carbonyl (C=O) groups is 2. The Morgan fingerprint density at radius 2 is 2.06 bits per heavy atom. The number of nitrogens with zero attached hydrogens (tertiary/aromatic N) is 3. The lowest BCUT2D eigenvalue weighted by Crippen LogP contribution is -2.24. The predicted molar refractivity (Wildman–Crippen MR) is 118 cm³/mol. The number of aliphatic hydroxyl groups excluding tert-OH is 1. The van der Waals surface area contributed by atoms with Crippen molar-refractivity contribution in [1.82, 2.24) is 9.78 Å². The van der Waals surface area contributed by atoms with Crippen LogP contribution in [0.5, 0.6) is 0 Å². The fraction of sp³-hybridized carbons (Fsp3) is 0.227. The summed E-state index contributed by atoms with van der Waals surface area (Å²) in [6.45, 7) is 1.85. The number of ether oxygens (including phenoxy) is 1. The maximum atomic E-state index is 13.3. The molecule has 1 aromatic carbocycles. The maximum absolute atomic E-state index is 13.3. The van der Waals surface area contributed by atoms with Crippen LogP contribution in [0.4, 0.5) is 5.00 Å². The Bertz CT molecular complexity index is 1290. The Morgan fingerprint density at radius 3 is 2.77 bits per heavy atom. The van der Waals surface area contributed by atoms with Gasteiger partial charge in [0, 0.05) is 29.8 Å². The third-order valence-electron chi connectivity index (χ3n) is 4.84. The van der Waals surface area contributed by atoms with Crippen molar-refractivity contribution in [2.45, 2.75) is 26.2 Å². The van der Waals surface area contributed by atoms with Gasteiger partial charge in [-0.2, -0.15) is 9.78 Å². The van der Waals surface area contributed by atoms with Crippen LogP contribution in [-0.4, -0.2) is 39.5 Å². The van der Waals surface area contributed by atoms with E-state index in [1.54, 1.807) is 42.6 Å². The number of hydrogen-bond donors (Lipinski definition) is 1. The van der Waals surface area contributed by atoms with E-state index in [0.717, 1.165) is 16.0 Å². The summed E-state index contributed by atoms with van der Waals surface area (Å²) in [4.78, 5) is 42.2. The van der Waals surface area contributed by atoms with Gasteiger partial charge in [-0.05, 0) is 25.5 Å². The Labute approximate surface area is 181 Å². The molecular formula is C22H19N3O5S. The number of aliphatic imine (C=N–C) groups is 1. The van der Waals surface area contributed by atoms with E-state index in [9.17, 15) is 19.5 Å². The number of carbonyl (C=O) groups excluding carboxylic acids is 2. The average Bonchev–Trinajstić information content (AvgIpc) is 3.19. The van der Waals surface area contributed by atoms with Crippen LogP contribution in [0, 0.1) is 0 Å². The molecule has 2 aromatic heterocycles. The summed E-state index contributed by atoms with van der Waals surface area (Å²) in [5, 5.41) is 16.8. The number of aliphatic hydroxyl groups is 1. The third kappa shape index (κ3) is 3.91. The summed E-state index contributed by atoms with van der Waals surface area (Å²) >= 11 is 1.15. The van der Waals surface area contributed by atoms with Crippen LogP contribution in [0.1, 0.15) is 36.7 Å². The molecule has 3 aromatic rings. The molecule has 0 saturated carbocycles. The Balaban J connectivity index is 1.91. The van der Waals surface area contributed by atoms with Crippen LogP contribution in [0.15, 0.2) is 56.8 Å². The van der Waals surface area contributed by atoms with Crippen LogP contribution < -0.4 is 5.56 Å². The lowest BCUT2D eigenvalue weighted by Gasteiger charge is -2.11. The van der Waals surface area contributed by atoms with Gasteiger partial charge in [0.05, 0.1) is 23.3 Å². The van der Waals surface area contributed by atoms with Crippen LogP contribution in [0.2, 0.25) is 0 Å². The first-order valence-corrected chi connectivity index (χ1v) is 10.7. The van der Waals surface area contributed by atoms with Crippen molar-refractivity contribution in [3.63, 3.8) is 0 Å². The number of ketones is 1. The van der Waals surface area contributed by atoms with Crippen molar-refractivity contribution >= 4 is 45.1 Å². The summed E-state index contributed by atoms with van der Waals surface area (Å²) in [5.41, 5.74) is 0.198. The molecule has 0 radical (unpaired) electrons. The van der Waals surface area contributed by atoms with E-state index in [2.05, 4.69) is 10.1 Å². The van der Waals surface area contributed by atoms with Crippen molar-refractivity contribution in [3.8, 4) is 5.69 Å². The highest BCUT2D eigenvalue weighted by atomic mass is 32.1. The number of fused-ring (bicyclic) bond motifs is 1. The fourth-order valence-corrected chi connectivity index (χ4v) is 4.23. The van der Waals surface area contributed by atoms with Crippen molar-refractivity contribution < 1.29 is 19.4 Å². The van der Waals surface area contributed by atoms with Crippen molar-refractivity contribution in [2.75, 3.05) is 6.61 Å². The molecule has 4 rings (SSSR count). The molecule has 0 amide bonds. The SMILES string of the molecule is CCOC(=O)c1nn(-c2ccccc2)c(=O)c2c(/N=C/C3=C(O)CCCC3=O)scc12. The van der Waals surface area contributed by atoms with Crippen LogP contribution in [0.25, 0.3) is 16.5 Å². The maximum Gasteiger partial charge on any atom is 0.359 e. The highest BCUT2D eigenvalue weighted by Gasteiger charge is 2.23. The number of benzene rings is 1. The van der Waals surface area contributed by atoms with Crippen molar-refractivity contribution in [1.29, 1.82) is 0 Å². The molecule has 0 atom stereocenters. The van der Waals surface area contributed by atoms with Gasteiger partial charge in [0.1, 0.15) is 10.8 Å². The molecule has 0 aliphatic heterocycles. The van der Waals surface area contributed by atoms with Gasteiger partial charge in [-0.1, -0.05) is 18.2 Å².